The van der Waals surface area contributed by atoms with E-state index in [1.165, 1.54) is 7.11 Å². The van der Waals surface area contributed by atoms with Crippen LogP contribution in [-0.4, -0.2) is 25.5 Å². The van der Waals surface area contributed by atoms with Gasteiger partial charge in [-0.25, -0.2) is 0 Å². The second-order valence-corrected chi connectivity index (χ2v) is 5.35. The van der Waals surface area contributed by atoms with Crippen LogP contribution >= 0.6 is 0 Å². The molecule has 1 aromatic carbocycles. The van der Waals surface area contributed by atoms with Crippen LogP contribution in [0.5, 0.6) is 0 Å². The van der Waals surface area contributed by atoms with E-state index in [0.717, 1.165) is 5.69 Å². The smallest absolute Gasteiger partial charge is 0.311 e. The van der Waals surface area contributed by atoms with Crippen LogP contribution in [0.3, 0.4) is 0 Å². The van der Waals surface area contributed by atoms with Gasteiger partial charge in [-0.3, -0.25) is 9.59 Å². The number of para-hydroxylation sites is 1. The summed E-state index contributed by atoms with van der Waals surface area (Å²) < 4.78 is 4.75. The van der Waals surface area contributed by atoms with Gasteiger partial charge < -0.3 is 9.64 Å². The van der Waals surface area contributed by atoms with E-state index >= 15 is 0 Å². The molecule has 0 heterocycles. The molecule has 0 fully saturated rings. The fourth-order valence-electron chi connectivity index (χ4n) is 2.04. The third-order valence-corrected chi connectivity index (χ3v) is 3.39. The largest absolute Gasteiger partial charge is 0.469 e. The lowest BCUT2D eigenvalue weighted by Crippen LogP contribution is -2.33. The minimum Gasteiger partial charge on any atom is -0.469 e. The zero-order valence-electron chi connectivity index (χ0n) is 12.7. The van der Waals surface area contributed by atoms with E-state index in [9.17, 15) is 9.59 Å². The highest BCUT2D eigenvalue weighted by Gasteiger charge is 2.30. The number of ether oxygens (including phenoxy) is 1. The molecule has 0 bridgehead atoms. The maximum atomic E-state index is 12.3. The van der Waals surface area contributed by atoms with Crippen LogP contribution in [0.1, 0.15) is 33.6 Å². The highest BCUT2D eigenvalue weighted by atomic mass is 16.5. The molecule has 4 heteroatoms. The van der Waals surface area contributed by atoms with E-state index in [0.29, 0.717) is 19.4 Å². The molecule has 110 valence electrons. The second kappa shape index (κ2) is 7.08. The Bertz CT molecular complexity index is 454. The van der Waals surface area contributed by atoms with Gasteiger partial charge in [-0.05, 0) is 39.3 Å². The molecule has 0 aromatic heterocycles. The number of hydrogen-bond acceptors (Lipinski definition) is 3. The number of hydrogen-bond donors (Lipinski definition) is 0. The Hall–Kier alpha value is -1.84. The first-order chi connectivity index (χ1) is 9.42. The van der Waals surface area contributed by atoms with Crippen molar-refractivity contribution in [1.82, 2.24) is 0 Å². The molecular formula is C16H23NO3. The van der Waals surface area contributed by atoms with Crippen molar-refractivity contribution >= 4 is 17.6 Å². The number of amides is 1. The summed E-state index contributed by atoms with van der Waals surface area (Å²) in [7, 11) is 1.37. The normalized spacial score (nSPS) is 11.0. The zero-order chi connectivity index (χ0) is 15.2. The van der Waals surface area contributed by atoms with Crippen LogP contribution < -0.4 is 4.90 Å². The first kappa shape index (κ1) is 16.2. The van der Waals surface area contributed by atoms with Crippen molar-refractivity contribution < 1.29 is 14.3 Å². The van der Waals surface area contributed by atoms with Gasteiger partial charge >= 0.3 is 5.97 Å². The van der Waals surface area contributed by atoms with Crippen molar-refractivity contribution in [2.45, 2.75) is 33.6 Å². The highest BCUT2D eigenvalue weighted by Crippen LogP contribution is 2.25. The summed E-state index contributed by atoms with van der Waals surface area (Å²) in [6, 6.07) is 9.55. The summed E-state index contributed by atoms with van der Waals surface area (Å²) in [6.45, 7) is 6.15. The summed E-state index contributed by atoms with van der Waals surface area (Å²) in [4.78, 5) is 25.6. The van der Waals surface area contributed by atoms with Gasteiger partial charge in [0.15, 0.2) is 0 Å². The molecule has 0 spiro atoms. The molecule has 1 rings (SSSR count). The number of rotatable bonds is 6. The van der Waals surface area contributed by atoms with Gasteiger partial charge in [-0.15, -0.1) is 0 Å². The van der Waals surface area contributed by atoms with Gasteiger partial charge in [0, 0.05) is 18.7 Å². The average molecular weight is 277 g/mol. The van der Waals surface area contributed by atoms with E-state index in [-0.39, 0.29) is 11.9 Å². The van der Waals surface area contributed by atoms with Gasteiger partial charge in [-0.1, -0.05) is 18.2 Å². The topological polar surface area (TPSA) is 46.6 Å². The Morgan fingerprint density at radius 3 is 2.30 bits per heavy atom. The summed E-state index contributed by atoms with van der Waals surface area (Å²) in [5, 5.41) is 0. The fraction of sp³-hybridized carbons (Fsp3) is 0.500. The van der Waals surface area contributed by atoms with Gasteiger partial charge in [0.25, 0.3) is 0 Å². The molecule has 1 aromatic rings. The molecule has 0 atom stereocenters. The van der Waals surface area contributed by atoms with Crippen LogP contribution in [0.25, 0.3) is 0 Å². The van der Waals surface area contributed by atoms with Crippen molar-refractivity contribution in [3.05, 3.63) is 30.3 Å². The summed E-state index contributed by atoms with van der Waals surface area (Å²) >= 11 is 0. The number of carbonyl (C=O) groups excluding carboxylic acids is 2. The predicted molar refractivity (Wildman–Crippen MR) is 79.5 cm³/mol. The van der Waals surface area contributed by atoms with Crippen LogP contribution in [-0.2, 0) is 14.3 Å². The molecule has 0 aliphatic heterocycles. The second-order valence-electron chi connectivity index (χ2n) is 5.35. The Morgan fingerprint density at radius 2 is 1.80 bits per heavy atom. The molecule has 20 heavy (non-hydrogen) atoms. The lowest BCUT2D eigenvalue weighted by Gasteiger charge is -2.25. The zero-order valence-corrected chi connectivity index (χ0v) is 12.7. The third-order valence-electron chi connectivity index (χ3n) is 3.39. The summed E-state index contributed by atoms with van der Waals surface area (Å²) in [6.07, 6.45) is 0.798. The van der Waals surface area contributed by atoms with E-state index in [4.69, 9.17) is 4.74 Å². The van der Waals surface area contributed by atoms with Crippen LogP contribution in [0.15, 0.2) is 30.3 Å². The number of esters is 1. The maximum absolute atomic E-state index is 12.3. The number of anilines is 1. The predicted octanol–water partition coefficient (Wildman–Crippen LogP) is 3.02. The van der Waals surface area contributed by atoms with Crippen molar-refractivity contribution in [3.63, 3.8) is 0 Å². The highest BCUT2D eigenvalue weighted by molar-refractivity contribution is 5.93. The maximum Gasteiger partial charge on any atom is 0.311 e. The van der Waals surface area contributed by atoms with Crippen LogP contribution in [0.2, 0.25) is 0 Å². The molecule has 0 aliphatic rings. The molecular weight excluding hydrogens is 254 g/mol. The van der Waals surface area contributed by atoms with E-state index in [1.54, 1.807) is 18.7 Å². The molecule has 0 N–H and O–H groups in total. The molecule has 0 radical (unpaired) electrons. The van der Waals surface area contributed by atoms with Crippen molar-refractivity contribution in [2.24, 2.45) is 5.41 Å². The monoisotopic (exact) mass is 277 g/mol. The SMILES string of the molecule is CCN(C(=O)CCC(C)(C)C(=O)OC)c1ccccc1. The molecule has 0 saturated carbocycles. The summed E-state index contributed by atoms with van der Waals surface area (Å²) in [5.41, 5.74) is 0.247. The van der Waals surface area contributed by atoms with Crippen LogP contribution in [0.4, 0.5) is 5.69 Å². The number of nitrogens with zero attached hydrogens (tertiary/aromatic N) is 1. The lowest BCUT2D eigenvalue weighted by molar-refractivity contribution is -0.151. The van der Waals surface area contributed by atoms with Gasteiger partial charge in [0.1, 0.15) is 0 Å². The van der Waals surface area contributed by atoms with Gasteiger partial charge in [-0.2, -0.15) is 0 Å². The third kappa shape index (κ3) is 4.08. The summed E-state index contributed by atoms with van der Waals surface area (Å²) in [5.74, 6) is -0.260. The van der Waals surface area contributed by atoms with Gasteiger partial charge in [0.05, 0.1) is 12.5 Å². The average Bonchev–Trinajstić information content (AvgIpc) is 2.46. The molecule has 0 saturated heterocycles. The van der Waals surface area contributed by atoms with E-state index < -0.39 is 5.41 Å². The number of carbonyl (C=O) groups is 2. The fourth-order valence-corrected chi connectivity index (χ4v) is 2.04. The Morgan fingerprint density at radius 1 is 1.20 bits per heavy atom. The molecule has 0 unspecified atom stereocenters. The first-order valence-corrected chi connectivity index (χ1v) is 6.86. The first-order valence-electron chi connectivity index (χ1n) is 6.86. The quantitative estimate of drug-likeness (QED) is 0.751. The molecule has 1 amide bonds. The lowest BCUT2D eigenvalue weighted by atomic mass is 9.87. The van der Waals surface area contributed by atoms with Crippen molar-refractivity contribution in [3.8, 4) is 0 Å². The van der Waals surface area contributed by atoms with Crippen molar-refractivity contribution in [1.29, 1.82) is 0 Å². The van der Waals surface area contributed by atoms with E-state index in [1.807, 2.05) is 37.3 Å². The standard InChI is InChI=1S/C16H23NO3/c1-5-17(13-9-7-6-8-10-13)14(18)11-12-16(2,3)15(19)20-4/h6-10H,5,11-12H2,1-4H3. The van der Waals surface area contributed by atoms with Crippen molar-refractivity contribution in [2.75, 3.05) is 18.6 Å². The Kier molecular flexibility index (Phi) is 5.74. The minimum atomic E-state index is -0.638. The number of methoxy groups -OCH3 is 1. The van der Waals surface area contributed by atoms with E-state index in [2.05, 4.69) is 0 Å². The Labute approximate surface area is 120 Å². The molecule has 4 nitrogen and oxygen atoms in total. The van der Waals surface area contributed by atoms with Gasteiger partial charge in [0.2, 0.25) is 5.91 Å². The Balaban J connectivity index is 2.68. The van der Waals surface area contributed by atoms with Crippen LogP contribution in [0, 0.1) is 5.41 Å². The number of benzene rings is 1. The molecule has 0 aliphatic carbocycles. The minimum absolute atomic E-state index is 0.0238.